The third kappa shape index (κ3) is 5.30. The van der Waals surface area contributed by atoms with Crippen molar-refractivity contribution in [2.24, 2.45) is 0 Å². The fourth-order valence-corrected chi connectivity index (χ4v) is 2.18. The highest BCUT2D eigenvalue weighted by molar-refractivity contribution is 5.94. The van der Waals surface area contributed by atoms with Gasteiger partial charge in [-0.15, -0.1) is 0 Å². The monoisotopic (exact) mass is 347 g/mol. The number of ether oxygens (including phenoxy) is 1. The number of rotatable bonds is 8. The number of nitrogens with zero attached hydrogens (tertiary/aromatic N) is 2. The van der Waals surface area contributed by atoms with Crippen molar-refractivity contribution in [3.8, 4) is 5.75 Å². The smallest absolute Gasteiger partial charge is 0.251 e. The van der Waals surface area contributed by atoms with Gasteiger partial charge in [-0.05, 0) is 32.0 Å². The van der Waals surface area contributed by atoms with Crippen LogP contribution < -0.4 is 20.7 Å². The Labute approximate surface area is 146 Å². The molecule has 1 aromatic heterocycles. The van der Waals surface area contributed by atoms with E-state index in [1.165, 1.54) is 19.2 Å². The predicted molar refractivity (Wildman–Crippen MR) is 94.7 cm³/mol. The molecule has 0 unspecified atom stereocenters. The summed E-state index contributed by atoms with van der Waals surface area (Å²) in [6, 6.07) is 5.94. The molecule has 0 atom stereocenters. The second-order valence-electron chi connectivity index (χ2n) is 5.28. The van der Waals surface area contributed by atoms with Crippen molar-refractivity contribution in [1.29, 1.82) is 0 Å². The molecule has 1 heterocycles. The number of carbonyl (C=O) groups is 1. The summed E-state index contributed by atoms with van der Waals surface area (Å²) in [6.45, 7) is 5.43. The molecule has 8 heteroatoms. The number of hydrogen-bond acceptors (Lipinski definition) is 6. The largest absolute Gasteiger partial charge is 0.494 e. The van der Waals surface area contributed by atoms with Crippen LogP contribution in [0.2, 0.25) is 0 Å². The molecule has 0 aliphatic carbocycles. The summed E-state index contributed by atoms with van der Waals surface area (Å²) in [6.07, 6.45) is 0. The summed E-state index contributed by atoms with van der Waals surface area (Å²) in [5.41, 5.74) is 1.07. The van der Waals surface area contributed by atoms with E-state index < -0.39 is 5.82 Å². The van der Waals surface area contributed by atoms with Crippen molar-refractivity contribution < 1.29 is 13.9 Å². The predicted octanol–water partition coefficient (Wildman–Crippen LogP) is 2.21. The van der Waals surface area contributed by atoms with Gasteiger partial charge in [-0.25, -0.2) is 9.37 Å². The first-order chi connectivity index (χ1) is 12.0. The van der Waals surface area contributed by atoms with Crippen molar-refractivity contribution in [2.75, 3.05) is 37.4 Å². The first-order valence-electron chi connectivity index (χ1n) is 7.98. The number of benzene rings is 1. The van der Waals surface area contributed by atoms with E-state index in [1.807, 2.05) is 19.9 Å². The highest BCUT2D eigenvalue weighted by Crippen LogP contribution is 2.17. The van der Waals surface area contributed by atoms with Crippen LogP contribution in [0.25, 0.3) is 0 Å². The summed E-state index contributed by atoms with van der Waals surface area (Å²) in [5.74, 6) is 0.404. The van der Waals surface area contributed by atoms with Gasteiger partial charge in [0, 0.05) is 37.0 Å². The highest BCUT2D eigenvalue weighted by Gasteiger charge is 2.09. The molecule has 0 aliphatic heterocycles. The molecular formula is C17H22FN5O2. The Balaban J connectivity index is 1.84. The molecule has 2 rings (SSSR count). The lowest BCUT2D eigenvalue weighted by Gasteiger charge is -2.10. The SMILES string of the molecule is CCNc1cc(C)nc(NCCNC(=O)c2ccc(OC)c(F)c2)n1. The maximum absolute atomic E-state index is 13.6. The Hall–Kier alpha value is -2.90. The maximum Gasteiger partial charge on any atom is 0.251 e. The number of hydrogen-bond donors (Lipinski definition) is 3. The van der Waals surface area contributed by atoms with Gasteiger partial charge in [0.1, 0.15) is 5.82 Å². The van der Waals surface area contributed by atoms with Gasteiger partial charge in [0.05, 0.1) is 7.11 Å². The highest BCUT2D eigenvalue weighted by atomic mass is 19.1. The summed E-state index contributed by atoms with van der Waals surface area (Å²) >= 11 is 0. The Bertz CT molecular complexity index is 739. The molecule has 1 aromatic carbocycles. The number of amides is 1. The minimum atomic E-state index is -0.572. The van der Waals surface area contributed by atoms with E-state index in [0.29, 0.717) is 19.0 Å². The molecule has 0 radical (unpaired) electrons. The van der Waals surface area contributed by atoms with Crippen molar-refractivity contribution in [3.05, 3.63) is 41.3 Å². The van der Waals surface area contributed by atoms with E-state index in [2.05, 4.69) is 25.9 Å². The molecule has 0 saturated carbocycles. The molecule has 25 heavy (non-hydrogen) atoms. The van der Waals surface area contributed by atoms with E-state index in [0.717, 1.165) is 24.1 Å². The van der Waals surface area contributed by atoms with Crippen LogP contribution in [-0.2, 0) is 0 Å². The van der Waals surface area contributed by atoms with Crippen LogP contribution in [0, 0.1) is 12.7 Å². The number of aryl methyl sites for hydroxylation is 1. The fourth-order valence-electron chi connectivity index (χ4n) is 2.18. The third-order valence-electron chi connectivity index (χ3n) is 3.32. The number of methoxy groups -OCH3 is 1. The Morgan fingerprint density at radius 1 is 1.20 bits per heavy atom. The molecular weight excluding hydrogens is 325 g/mol. The van der Waals surface area contributed by atoms with Gasteiger partial charge in [-0.3, -0.25) is 4.79 Å². The van der Waals surface area contributed by atoms with Crippen LogP contribution in [0.3, 0.4) is 0 Å². The lowest BCUT2D eigenvalue weighted by atomic mass is 10.2. The van der Waals surface area contributed by atoms with Gasteiger partial charge in [0.25, 0.3) is 5.91 Å². The quantitative estimate of drug-likeness (QED) is 0.635. The minimum Gasteiger partial charge on any atom is -0.494 e. The van der Waals surface area contributed by atoms with E-state index in [9.17, 15) is 9.18 Å². The zero-order chi connectivity index (χ0) is 18.2. The number of carbonyl (C=O) groups excluding carboxylic acids is 1. The number of anilines is 2. The summed E-state index contributed by atoms with van der Waals surface area (Å²) in [5, 5.41) is 8.88. The van der Waals surface area contributed by atoms with Crippen LogP contribution >= 0.6 is 0 Å². The molecule has 0 spiro atoms. The second kappa shape index (κ2) is 8.81. The Morgan fingerprint density at radius 3 is 2.68 bits per heavy atom. The molecule has 0 fully saturated rings. The molecule has 2 aromatic rings. The zero-order valence-corrected chi connectivity index (χ0v) is 14.5. The van der Waals surface area contributed by atoms with Crippen molar-refractivity contribution in [2.45, 2.75) is 13.8 Å². The van der Waals surface area contributed by atoms with E-state index in [4.69, 9.17) is 4.74 Å². The van der Waals surface area contributed by atoms with Crippen LogP contribution in [0.5, 0.6) is 5.75 Å². The van der Waals surface area contributed by atoms with Crippen LogP contribution in [0.15, 0.2) is 24.3 Å². The average Bonchev–Trinajstić information content (AvgIpc) is 2.58. The van der Waals surface area contributed by atoms with Crippen LogP contribution in [0.1, 0.15) is 23.0 Å². The number of halogens is 1. The topological polar surface area (TPSA) is 88.2 Å². The molecule has 0 bridgehead atoms. The molecule has 1 amide bonds. The average molecular weight is 347 g/mol. The molecule has 0 aliphatic rings. The number of aromatic nitrogens is 2. The normalized spacial score (nSPS) is 10.2. The van der Waals surface area contributed by atoms with Crippen molar-refractivity contribution in [1.82, 2.24) is 15.3 Å². The molecule has 3 N–H and O–H groups in total. The van der Waals surface area contributed by atoms with Crippen molar-refractivity contribution in [3.63, 3.8) is 0 Å². The standard InChI is InChI=1S/C17H22FN5O2/c1-4-19-15-9-11(2)22-17(23-15)21-8-7-20-16(24)12-5-6-14(25-3)13(18)10-12/h5-6,9-10H,4,7-8H2,1-3H3,(H,20,24)(H2,19,21,22,23). The van der Waals surface area contributed by atoms with E-state index >= 15 is 0 Å². The second-order valence-corrected chi connectivity index (χ2v) is 5.28. The molecule has 7 nitrogen and oxygen atoms in total. The van der Waals surface area contributed by atoms with Gasteiger partial charge >= 0.3 is 0 Å². The van der Waals surface area contributed by atoms with Crippen LogP contribution in [-0.4, -0.2) is 42.6 Å². The number of nitrogens with one attached hydrogen (secondary N) is 3. The first kappa shape index (κ1) is 18.4. The summed E-state index contributed by atoms with van der Waals surface area (Å²) in [4.78, 5) is 20.6. The molecule has 134 valence electrons. The lowest BCUT2D eigenvalue weighted by molar-refractivity contribution is 0.0954. The zero-order valence-electron chi connectivity index (χ0n) is 14.5. The fraction of sp³-hybridized carbons (Fsp3) is 0.353. The molecule has 0 saturated heterocycles. The Kier molecular flexibility index (Phi) is 6.50. The minimum absolute atomic E-state index is 0.103. The van der Waals surface area contributed by atoms with Gasteiger partial charge in [-0.2, -0.15) is 4.98 Å². The van der Waals surface area contributed by atoms with Gasteiger partial charge < -0.3 is 20.7 Å². The van der Waals surface area contributed by atoms with Crippen LogP contribution in [0.4, 0.5) is 16.2 Å². The Morgan fingerprint density at radius 2 is 2.00 bits per heavy atom. The van der Waals surface area contributed by atoms with Gasteiger partial charge in [0.15, 0.2) is 11.6 Å². The first-order valence-corrected chi connectivity index (χ1v) is 7.98. The third-order valence-corrected chi connectivity index (χ3v) is 3.32. The lowest BCUT2D eigenvalue weighted by Crippen LogP contribution is -2.29. The summed E-state index contributed by atoms with van der Waals surface area (Å²) < 4.78 is 18.4. The van der Waals surface area contributed by atoms with Gasteiger partial charge in [0.2, 0.25) is 5.95 Å². The maximum atomic E-state index is 13.6. The van der Waals surface area contributed by atoms with E-state index in [-0.39, 0.29) is 17.2 Å². The van der Waals surface area contributed by atoms with E-state index in [1.54, 1.807) is 0 Å². The summed E-state index contributed by atoms with van der Waals surface area (Å²) in [7, 11) is 1.37. The van der Waals surface area contributed by atoms with Gasteiger partial charge in [-0.1, -0.05) is 0 Å². The van der Waals surface area contributed by atoms with Crippen molar-refractivity contribution >= 4 is 17.7 Å².